The average molecular weight is 656 g/mol. The zero-order valence-corrected chi connectivity index (χ0v) is 26.2. The van der Waals surface area contributed by atoms with Gasteiger partial charge in [-0.15, -0.1) is 11.8 Å². The van der Waals surface area contributed by atoms with Crippen molar-refractivity contribution >= 4 is 52.2 Å². The molecule has 3 heterocycles. The van der Waals surface area contributed by atoms with Crippen LogP contribution in [0.2, 0.25) is 0 Å². The number of benzene rings is 3. The van der Waals surface area contributed by atoms with Crippen molar-refractivity contribution in [2.75, 3.05) is 23.9 Å². The molecule has 4 aromatic rings. The summed E-state index contributed by atoms with van der Waals surface area (Å²) in [6.45, 7) is -0.246. The molecule has 3 fully saturated rings. The number of nitrogens with one attached hydrogen (secondary N) is 2. The molecule has 234 valence electrons. The van der Waals surface area contributed by atoms with Crippen LogP contribution in [0.5, 0.6) is 17.2 Å². The summed E-state index contributed by atoms with van der Waals surface area (Å²) < 4.78 is 11.4. The van der Waals surface area contributed by atoms with Gasteiger partial charge >= 0.3 is 4.87 Å². The molecule has 0 unspecified atom stereocenters. The van der Waals surface area contributed by atoms with Gasteiger partial charge < -0.3 is 24.9 Å². The van der Waals surface area contributed by atoms with E-state index in [4.69, 9.17) is 9.47 Å². The number of aromatic hydroxyl groups is 1. The number of thioether (sulfide) groups is 1. The second kappa shape index (κ2) is 11.1. The molecule has 1 saturated heterocycles. The number of carbonyl (C=O) groups excluding carboxylic acids is 3. The third-order valence-electron chi connectivity index (χ3n) is 9.82. The van der Waals surface area contributed by atoms with E-state index in [1.807, 2.05) is 24.3 Å². The molecular weight excluding hydrogens is 627 g/mol. The molecule has 7 atom stereocenters. The number of methoxy groups -OCH3 is 1. The molecule has 12 heteroatoms. The highest BCUT2D eigenvalue weighted by Gasteiger charge is 2.69. The summed E-state index contributed by atoms with van der Waals surface area (Å²) in [6.07, 6.45) is 0.763. The molecule has 1 aromatic heterocycles. The van der Waals surface area contributed by atoms with Gasteiger partial charge in [-0.25, -0.2) is 0 Å². The molecule has 2 saturated carbocycles. The number of hydrogen-bond acceptors (Lipinski definition) is 9. The Kier molecular flexibility index (Phi) is 6.95. The third kappa shape index (κ3) is 4.53. The maximum absolute atomic E-state index is 14.1. The van der Waals surface area contributed by atoms with Crippen molar-refractivity contribution in [2.24, 2.45) is 29.6 Å². The molecular formula is C34H29N3O7S2. The number of phenolic OH excluding ortho intramolecular Hbond substituents is 1. The quantitative estimate of drug-likeness (QED) is 0.190. The first-order chi connectivity index (χ1) is 22.3. The normalized spacial score (nSPS) is 27.2. The highest BCUT2D eigenvalue weighted by Crippen LogP contribution is 2.69. The summed E-state index contributed by atoms with van der Waals surface area (Å²) >= 11 is 2.80. The Hall–Kier alpha value is -4.55. The van der Waals surface area contributed by atoms with Crippen LogP contribution in [0.3, 0.4) is 0 Å². The van der Waals surface area contributed by atoms with E-state index in [-0.39, 0.29) is 63.9 Å². The smallest absolute Gasteiger partial charge is 0.305 e. The molecule has 3 aromatic carbocycles. The van der Waals surface area contributed by atoms with E-state index in [0.717, 1.165) is 21.9 Å². The van der Waals surface area contributed by atoms with Crippen LogP contribution in [0.4, 0.5) is 11.4 Å². The first-order valence-electron chi connectivity index (χ1n) is 15.0. The van der Waals surface area contributed by atoms with E-state index in [1.165, 1.54) is 28.4 Å². The number of H-pyrrole nitrogens is 1. The van der Waals surface area contributed by atoms with Crippen LogP contribution in [-0.4, -0.2) is 46.8 Å². The SMILES string of the molecule is COc1ccc(N2C(=O)[C@H]3[C@H]4C[C@@H]([C@@H]3C2=O)[C@@H]2[C@H](c3ccccc3OCC(=O)Nc3ccc(O)cc3)c3sc(=O)[nH]c3S[C@H]42)cc1. The van der Waals surface area contributed by atoms with Crippen molar-refractivity contribution in [3.05, 3.63) is 92.9 Å². The van der Waals surface area contributed by atoms with E-state index in [9.17, 15) is 24.3 Å². The van der Waals surface area contributed by atoms with Gasteiger partial charge in [-0.3, -0.25) is 24.1 Å². The van der Waals surface area contributed by atoms with Gasteiger partial charge in [0.2, 0.25) is 11.8 Å². The zero-order valence-electron chi connectivity index (χ0n) is 24.5. The summed E-state index contributed by atoms with van der Waals surface area (Å²) in [5, 5.41) is 13.1. The van der Waals surface area contributed by atoms with Crippen molar-refractivity contribution in [1.82, 2.24) is 4.98 Å². The zero-order chi connectivity index (χ0) is 31.7. The Balaban J connectivity index is 1.11. The number of carbonyl (C=O) groups is 3. The largest absolute Gasteiger partial charge is 0.508 e. The second-order valence-electron chi connectivity index (χ2n) is 12.1. The highest BCUT2D eigenvalue weighted by atomic mass is 32.2. The lowest BCUT2D eigenvalue weighted by atomic mass is 9.68. The molecule has 0 spiro atoms. The van der Waals surface area contributed by atoms with Crippen LogP contribution in [0.1, 0.15) is 22.8 Å². The lowest BCUT2D eigenvalue weighted by Gasteiger charge is -2.43. The number of para-hydroxylation sites is 1. The molecule has 46 heavy (non-hydrogen) atoms. The topological polar surface area (TPSA) is 138 Å². The van der Waals surface area contributed by atoms with E-state index in [2.05, 4.69) is 10.3 Å². The molecule has 3 amide bonds. The standard InChI is InChI=1S/C34H29N3O7S2/c1-43-19-12-8-17(9-13-19)37-32(40)27-21-14-22(28(27)33(37)41)29-26(21)25(30-31(45-29)36-34(42)46-30)20-4-2-3-5-23(20)44-15-24(39)35-16-6-10-18(38)11-7-16/h2-13,21-22,25-29,38H,14-15H2,1H3,(H,35,39)(H,36,42)/t21-,22-,25+,26-,27+,28+,29-/m1/s1. The number of thiazole rings is 1. The fourth-order valence-electron chi connectivity index (χ4n) is 8.10. The van der Waals surface area contributed by atoms with E-state index < -0.39 is 11.8 Å². The number of aromatic amines is 1. The minimum Gasteiger partial charge on any atom is -0.508 e. The number of hydrogen-bond donors (Lipinski definition) is 3. The Morgan fingerprint density at radius 3 is 2.43 bits per heavy atom. The number of ether oxygens (including phenoxy) is 2. The van der Waals surface area contributed by atoms with Crippen molar-refractivity contribution in [3.8, 4) is 17.2 Å². The highest BCUT2D eigenvalue weighted by molar-refractivity contribution is 8.00. The number of aromatic nitrogens is 1. The number of fused-ring (bicyclic) bond motifs is 9. The van der Waals surface area contributed by atoms with Gasteiger partial charge in [0.25, 0.3) is 5.91 Å². The Morgan fingerprint density at radius 1 is 0.978 bits per heavy atom. The summed E-state index contributed by atoms with van der Waals surface area (Å²) in [4.78, 5) is 58.6. The number of anilines is 2. The van der Waals surface area contributed by atoms with Crippen LogP contribution in [0.25, 0.3) is 0 Å². The molecule has 8 rings (SSSR count). The van der Waals surface area contributed by atoms with Crippen LogP contribution in [-0.2, 0) is 14.4 Å². The lowest BCUT2D eigenvalue weighted by molar-refractivity contribution is -0.123. The molecule has 4 aliphatic rings. The van der Waals surface area contributed by atoms with Crippen LogP contribution in [0, 0.1) is 29.6 Å². The fraction of sp³-hybridized carbons (Fsp3) is 0.294. The van der Waals surface area contributed by atoms with E-state index in [0.29, 0.717) is 22.9 Å². The van der Waals surface area contributed by atoms with Crippen molar-refractivity contribution in [1.29, 1.82) is 0 Å². The molecule has 10 nitrogen and oxygen atoms in total. The Labute approximate surface area is 271 Å². The minimum absolute atomic E-state index is 0.0154. The molecule has 2 bridgehead atoms. The molecule has 3 N–H and O–H groups in total. The summed E-state index contributed by atoms with van der Waals surface area (Å²) in [7, 11) is 1.57. The fourth-order valence-corrected chi connectivity index (χ4v) is 11.0. The minimum atomic E-state index is -0.440. The first kappa shape index (κ1) is 28.9. The maximum atomic E-state index is 14.1. The average Bonchev–Trinajstić information content (AvgIpc) is 3.80. The van der Waals surface area contributed by atoms with Crippen molar-refractivity contribution in [3.63, 3.8) is 0 Å². The number of amides is 3. The lowest BCUT2D eigenvalue weighted by Crippen LogP contribution is -2.42. The molecule has 2 aliphatic heterocycles. The number of rotatable bonds is 7. The van der Waals surface area contributed by atoms with Gasteiger partial charge in [0.1, 0.15) is 17.2 Å². The van der Waals surface area contributed by atoms with Gasteiger partial charge in [-0.2, -0.15) is 0 Å². The Bertz CT molecular complexity index is 1920. The van der Waals surface area contributed by atoms with Crippen LogP contribution < -0.4 is 24.6 Å². The van der Waals surface area contributed by atoms with E-state index >= 15 is 0 Å². The monoisotopic (exact) mass is 655 g/mol. The van der Waals surface area contributed by atoms with Gasteiger partial charge in [0, 0.05) is 27.3 Å². The molecule has 0 radical (unpaired) electrons. The second-order valence-corrected chi connectivity index (χ2v) is 14.3. The summed E-state index contributed by atoms with van der Waals surface area (Å²) in [5.41, 5.74) is 1.92. The Morgan fingerprint density at radius 2 is 1.70 bits per heavy atom. The van der Waals surface area contributed by atoms with Gasteiger partial charge in [-0.1, -0.05) is 29.5 Å². The predicted octanol–water partition coefficient (Wildman–Crippen LogP) is 4.85. The van der Waals surface area contributed by atoms with E-state index in [1.54, 1.807) is 55.3 Å². The number of nitrogens with zero attached hydrogens (tertiary/aromatic N) is 1. The van der Waals surface area contributed by atoms with Gasteiger partial charge in [-0.05, 0) is 78.8 Å². The maximum Gasteiger partial charge on any atom is 0.305 e. The first-order valence-corrected chi connectivity index (χ1v) is 16.7. The van der Waals surface area contributed by atoms with Gasteiger partial charge in [0.05, 0.1) is 29.7 Å². The molecule has 2 aliphatic carbocycles. The predicted molar refractivity (Wildman–Crippen MR) is 173 cm³/mol. The van der Waals surface area contributed by atoms with Crippen LogP contribution in [0.15, 0.2) is 82.6 Å². The summed E-state index contributed by atoms with van der Waals surface area (Å²) in [5.74, 6) is -0.610. The van der Waals surface area contributed by atoms with Crippen LogP contribution >= 0.6 is 23.1 Å². The summed E-state index contributed by atoms with van der Waals surface area (Å²) in [6, 6.07) is 20.7. The van der Waals surface area contributed by atoms with Crippen molar-refractivity contribution in [2.45, 2.75) is 22.6 Å². The number of imide groups is 1. The third-order valence-corrected chi connectivity index (χ3v) is 12.4. The number of phenols is 1. The van der Waals surface area contributed by atoms with Crippen molar-refractivity contribution < 1.29 is 29.0 Å². The van der Waals surface area contributed by atoms with Gasteiger partial charge in [0.15, 0.2) is 6.61 Å².